The summed E-state index contributed by atoms with van der Waals surface area (Å²) in [5.41, 5.74) is 0.347. The van der Waals surface area contributed by atoms with E-state index in [4.69, 9.17) is 27.9 Å². The molecule has 6 nitrogen and oxygen atoms in total. The van der Waals surface area contributed by atoms with Crippen LogP contribution in [0.2, 0.25) is 10.0 Å². The Balaban J connectivity index is 2.01. The van der Waals surface area contributed by atoms with E-state index < -0.39 is 11.7 Å². The summed E-state index contributed by atoms with van der Waals surface area (Å²) in [6, 6.07) is 5.21. The van der Waals surface area contributed by atoms with Gasteiger partial charge in [-0.15, -0.1) is 0 Å². The van der Waals surface area contributed by atoms with Gasteiger partial charge in [-0.1, -0.05) is 30.1 Å². The fourth-order valence-electron chi connectivity index (χ4n) is 3.32. The third-order valence-electron chi connectivity index (χ3n) is 4.68. The number of carbonyl (C=O) groups excluding carboxylic acids is 2. The molecular weight excluding hydrogens is 413 g/mol. The van der Waals surface area contributed by atoms with Crippen molar-refractivity contribution in [1.82, 2.24) is 15.5 Å². The van der Waals surface area contributed by atoms with E-state index in [1.54, 1.807) is 6.07 Å². The largest absolute Gasteiger partial charge is 0.444 e. The zero-order valence-electron chi connectivity index (χ0n) is 17.6. The smallest absolute Gasteiger partial charge is 0.407 e. The van der Waals surface area contributed by atoms with Gasteiger partial charge in [-0.3, -0.25) is 4.79 Å². The highest BCUT2D eigenvalue weighted by atomic mass is 35.5. The molecule has 0 bridgehead atoms. The minimum Gasteiger partial charge on any atom is -0.444 e. The molecule has 1 saturated heterocycles. The molecule has 0 saturated carbocycles. The van der Waals surface area contributed by atoms with Gasteiger partial charge in [0.1, 0.15) is 5.60 Å². The fraction of sp³-hybridized carbons (Fsp3) is 0.619. The van der Waals surface area contributed by atoms with Crippen molar-refractivity contribution in [3.63, 3.8) is 0 Å². The number of carbonyl (C=O) groups is 2. The van der Waals surface area contributed by atoms with Crippen molar-refractivity contribution in [2.75, 3.05) is 13.1 Å². The highest BCUT2D eigenvalue weighted by Gasteiger charge is 2.30. The number of hydrogen-bond donors (Lipinski definition) is 2. The summed E-state index contributed by atoms with van der Waals surface area (Å²) in [6.07, 6.45) is 1.81. The van der Waals surface area contributed by atoms with Gasteiger partial charge in [0, 0.05) is 35.7 Å². The van der Waals surface area contributed by atoms with Crippen molar-refractivity contribution < 1.29 is 14.3 Å². The first-order valence-electron chi connectivity index (χ1n) is 10.0. The molecule has 0 aromatic heterocycles. The summed E-state index contributed by atoms with van der Waals surface area (Å²) in [5, 5.41) is 7.28. The number of benzene rings is 1. The molecule has 162 valence electrons. The summed E-state index contributed by atoms with van der Waals surface area (Å²) in [7, 11) is 0. The highest BCUT2D eigenvalue weighted by molar-refractivity contribution is 6.34. The SMILES string of the molecule is CCC1CCN(Cc2cc(Cl)cc(Cl)c2)C(=O)[C@H](CCNC(=O)OC(C)(C)C)N1. The molecule has 1 aromatic carbocycles. The minimum atomic E-state index is -0.553. The molecular formula is C21H31Cl2N3O3. The van der Waals surface area contributed by atoms with Gasteiger partial charge in [0.25, 0.3) is 0 Å². The summed E-state index contributed by atoms with van der Waals surface area (Å²) >= 11 is 12.2. The monoisotopic (exact) mass is 443 g/mol. The van der Waals surface area contributed by atoms with Gasteiger partial charge in [-0.25, -0.2) is 4.79 Å². The minimum absolute atomic E-state index is 0.0167. The van der Waals surface area contributed by atoms with Gasteiger partial charge >= 0.3 is 6.09 Å². The molecule has 0 radical (unpaired) electrons. The van der Waals surface area contributed by atoms with Crippen LogP contribution in [0.25, 0.3) is 0 Å². The second kappa shape index (κ2) is 10.5. The van der Waals surface area contributed by atoms with E-state index in [-0.39, 0.29) is 18.0 Å². The standard InChI is InChI=1S/C21H31Cl2N3O3/c1-5-17-7-9-26(13-14-10-15(22)12-16(23)11-14)19(27)18(25-17)6-8-24-20(28)29-21(2,3)4/h10-12,17-18,25H,5-9,13H2,1-4H3,(H,24,28)/t17?,18-/m0/s1. The quantitative estimate of drug-likeness (QED) is 0.684. The van der Waals surface area contributed by atoms with Crippen LogP contribution in [-0.2, 0) is 16.1 Å². The molecule has 2 N–H and O–H groups in total. The number of alkyl carbamates (subject to hydrolysis) is 1. The number of amides is 2. The second-order valence-corrected chi connectivity index (χ2v) is 9.24. The third kappa shape index (κ3) is 8.03. The Morgan fingerprint density at radius 1 is 1.28 bits per heavy atom. The Labute approximate surface area is 183 Å². The van der Waals surface area contributed by atoms with Crippen LogP contribution in [0.15, 0.2) is 18.2 Å². The van der Waals surface area contributed by atoms with Crippen LogP contribution in [0.4, 0.5) is 4.79 Å². The van der Waals surface area contributed by atoms with Crippen molar-refractivity contribution in [3.05, 3.63) is 33.8 Å². The summed E-state index contributed by atoms with van der Waals surface area (Å²) in [5.74, 6) is 0.0167. The number of halogens is 2. The van der Waals surface area contributed by atoms with Gasteiger partial charge in [0.15, 0.2) is 0 Å². The van der Waals surface area contributed by atoms with Crippen molar-refractivity contribution >= 4 is 35.2 Å². The normalized spacial score (nSPS) is 20.3. The molecule has 2 atom stereocenters. The molecule has 0 spiro atoms. The average Bonchev–Trinajstić information content (AvgIpc) is 2.73. The number of rotatable bonds is 6. The lowest BCUT2D eigenvalue weighted by molar-refractivity contribution is -0.133. The van der Waals surface area contributed by atoms with E-state index in [0.29, 0.717) is 36.1 Å². The predicted octanol–water partition coefficient (Wildman–Crippen LogP) is 4.38. The van der Waals surface area contributed by atoms with Gasteiger partial charge in [-0.2, -0.15) is 0 Å². The van der Waals surface area contributed by atoms with Crippen molar-refractivity contribution in [2.45, 2.75) is 71.2 Å². The first-order chi connectivity index (χ1) is 13.6. The summed E-state index contributed by atoms with van der Waals surface area (Å²) in [6.45, 7) is 9.01. The van der Waals surface area contributed by atoms with Crippen LogP contribution in [0.3, 0.4) is 0 Å². The molecule has 1 fully saturated rings. The average molecular weight is 444 g/mol. The number of nitrogens with zero attached hydrogens (tertiary/aromatic N) is 1. The Morgan fingerprint density at radius 2 is 1.93 bits per heavy atom. The van der Waals surface area contributed by atoms with Crippen LogP contribution >= 0.6 is 23.2 Å². The lowest BCUT2D eigenvalue weighted by atomic mass is 10.1. The molecule has 8 heteroatoms. The first-order valence-corrected chi connectivity index (χ1v) is 10.8. The van der Waals surface area contributed by atoms with Crippen LogP contribution in [0, 0.1) is 0 Å². The van der Waals surface area contributed by atoms with Crippen LogP contribution in [0.5, 0.6) is 0 Å². The van der Waals surface area contributed by atoms with Crippen LogP contribution in [-0.4, -0.2) is 47.7 Å². The first kappa shape index (κ1) is 23.8. The maximum Gasteiger partial charge on any atom is 0.407 e. The second-order valence-electron chi connectivity index (χ2n) is 8.37. The summed E-state index contributed by atoms with van der Waals surface area (Å²) < 4.78 is 5.25. The van der Waals surface area contributed by atoms with Crippen molar-refractivity contribution in [2.24, 2.45) is 0 Å². The molecule has 1 heterocycles. The Bertz CT molecular complexity index is 701. The predicted molar refractivity (Wildman–Crippen MR) is 116 cm³/mol. The molecule has 2 amide bonds. The fourth-order valence-corrected chi connectivity index (χ4v) is 3.89. The van der Waals surface area contributed by atoms with E-state index in [0.717, 1.165) is 18.4 Å². The molecule has 1 aliphatic rings. The zero-order valence-corrected chi connectivity index (χ0v) is 19.1. The van der Waals surface area contributed by atoms with E-state index in [2.05, 4.69) is 17.6 Å². The van der Waals surface area contributed by atoms with E-state index >= 15 is 0 Å². The van der Waals surface area contributed by atoms with E-state index in [9.17, 15) is 9.59 Å². The lowest BCUT2D eigenvalue weighted by Crippen LogP contribution is -2.47. The molecule has 0 aliphatic carbocycles. The molecule has 1 aliphatic heterocycles. The Morgan fingerprint density at radius 3 is 2.52 bits per heavy atom. The van der Waals surface area contributed by atoms with Crippen molar-refractivity contribution in [3.8, 4) is 0 Å². The van der Waals surface area contributed by atoms with Gasteiger partial charge in [0.2, 0.25) is 5.91 Å². The van der Waals surface area contributed by atoms with Gasteiger partial charge in [0.05, 0.1) is 6.04 Å². The zero-order chi connectivity index (χ0) is 21.6. The maximum absolute atomic E-state index is 13.1. The van der Waals surface area contributed by atoms with E-state index in [1.165, 1.54) is 0 Å². The molecule has 1 aromatic rings. The Hall–Kier alpha value is -1.50. The van der Waals surface area contributed by atoms with Gasteiger partial charge < -0.3 is 20.3 Å². The molecule has 29 heavy (non-hydrogen) atoms. The number of hydrogen-bond acceptors (Lipinski definition) is 4. The topological polar surface area (TPSA) is 70.7 Å². The maximum atomic E-state index is 13.1. The third-order valence-corrected chi connectivity index (χ3v) is 5.12. The number of nitrogens with one attached hydrogen (secondary N) is 2. The van der Waals surface area contributed by atoms with Crippen LogP contribution in [0.1, 0.15) is 52.5 Å². The van der Waals surface area contributed by atoms with Crippen molar-refractivity contribution in [1.29, 1.82) is 0 Å². The molecule has 1 unspecified atom stereocenters. The number of ether oxygens (including phenoxy) is 1. The lowest BCUT2D eigenvalue weighted by Gasteiger charge is -2.25. The van der Waals surface area contributed by atoms with E-state index in [1.807, 2.05) is 37.8 Å². The van der Waals surface area contributed by atoms with Gasteiger partial charge in [-0.05, 0) is 63.8 Å². The summed E-state index contributed by atoms with van der Waals surface area (Å²) in [4.78, 5) is 26.8. The highest BCUT2D eigenvalue weighted by Crippen LogP contribution is 2.22. The Kier molecular flexibility index (Phi) is 8.61. The molecule has 2 rings (SSSR count). The van der Waals surface area contributed by atoms with Crippen LogP contribution < -0.4 is 10.6 Å².